The Morgan fingerprint density at radius 3 is 2.60 bits per heavy atom. The first-order valence-electron chi connectivity index (χ1n) is 8.31. The number of aromatic nitrogens is 1. The van der Waals surface area contributed by atoms with Crippen LogP contribution >= 0.6 is 0 Å². The molecule has 0 bridgehead atoms. The first-order valence-corrected chi connectivity index (χ1v) is 8.31. The van der Waals surface area contributed by atoms with Crippen molar-refractivity contribution in [2.75, 3.05) is 31.3 Å². The van der Waals surface area contributed by atoms with Crippen molar-refractivity contribution in [3.63, 3.8) is 0 Å². The van der Waals surface area contributed by atoms with E-state index in [9.17, 15) is 9.59 Å². The highest BCUT2D eigenvalue weighted by atomic mass is 16.2. The van der Waals surface area contributed by atoms with Crippen LogP contribution in [0.5, 0.6) is 0 Å². The lowest BCUT2D eigenvalue weighted by Crippen LogP contribution is -2.16. The number of hydrogen-bond donors (Lipinski definition) is 2. The minimum atomic E-state index is -0.263. The highest BCUT2D eigenvalue weighted by Gasteiger charge is 2.09. The van der Waals surface area contributed by atoms with E-state index in [1.54, 1.807) is 48.7 Å². The summed E-state index contributed by atoms with van der Waals surface area (Å²) in [7, 11) is 4.03. The van der Waals surface area contributed by atoms with Gasteiger partial charge in [0.25, 0.3) is 5.91 Å². The second-order valence-corrected chi connectivity index (χ2v) is 6.06. The van der Waals surface area contributed by atoms with E-state index in [2.05, 4.69) is 20.5 Å². The minimum absolute atomic E-state index is 0.0407. The van der Waals surface area contributed by atoms with Gasteiger partial charge in [-0.3, -0.25) is 9.59 Å². The molecule has 0 aliphatic heterocycles. The van der Waals surface area contributed by atoms with Crippen LogP contribution in [-0.2, 0) is 4.79 Å². The number of nitrogens with zero attached hydrogens (tertiary/aromatic N) is 2. The summed E-state index contributed by atoms with van der Waals surface area (Å²) in [5.74, 6) is 0.185. The second kappa shape index (κ2) is 9.54. The molecule has 0 radical (unpaired) electrons. The molecule has 2 amide bonds. The van der Waals surface area contributed by atoms with Crippen molar-refractivity contribution in [3.05, 3.63) is 54.2 Å². The summed E-state index contributed by atoms with van der Waals surface area (Å²) in [4.78, 5) is 30.4. The molecule has 132 valence electrons. The van der Waals surface area contributed by atoms with Crippen LogP contribution in [0.1, 0.15) is 29.6 Å². The van der Waals surface area contributed by atoms with Crippen molar-refractivity contribution < 1.29 is 9.59 Å². The highest BCUT2D eigenvalue weighted by molar-refractivity contribution is 6.04. The molecule has 0 unspecified atom stereocenters. The third kappa shape index (κ3) is 6.73. The lowest BCUT2D eigenvalue weighted by Gasteiger charge is -2.10. The fraction of sp³-hybridized carbons (Fsp3) is 0.316. The quantitative estimate of drug-likeness (QED) is 0.725. The average Bonchev–Trinajstić information content (AvgIpc) is 2.60. The van der Waals surface area contributed by atoms with Crippen LogP contribution in [-0.4, -0.2) is 42.3 Å². The summed E-state index contributed by atoms with van der Waals surface area (Å²) in [5.41, 5.74) is 1.09. The first kappa shape index (κ1) is 18.6. The van der Waals surface area contributed by atoms with Crippen molar-refractivity contribution in [1.29, 1.82) is 0 Å². The van der Waals surface area contributed by atoms with E-state index in [-0.39, 0.29) is 11.8 Å². The van der Waals surface area contributed by atoms with E-state index in [4.69, 9.17) is 0 Å². The van der Waals surface area contributed by atoms with Crippen LogP contribution in [0.15, 0.2) is 48.7 Å². The zero-order valence-corrected chi connectivity index (χ0v) is 14.7. The fourth-order valence-electron chi connectivity index (χ4n) is 2.30. The van der Waals surface area contributed by atoms with Gasteiger partial charge in [-0.15, -0.1) is 0 Å². The Morgan fingerprint density at radius 1 is 1.04 bits per heavy atom. The van der Waals surface area contributed by atoms with Crippen LogP contribution in [0, 0.1) is 0 Å². The maximum atomic E-state index is 12.3. The van der Waals surface area contributed by atoms with Gasteiger partial charge < -0.3 is 15.5 Å². The topological polar surface area (TPSA) is 74.3 Å². The van der Waals surface area contributed by atoms with E-state index >= 15 is 0 Å². The molecular weight excluding hydrogens is 316 g/mol. The Bertz CT molecular complexity index is 702. The Hall–Kier alpha value is -2.73. The number of pyridine rings is 1. The summed E-state index contributed by atoms with van der Waals surface area (Å²) in [6.45, 7) is 0.969. The predicted molar refractivity (Wildman–Crippen MR) is 99.7 cm³/mol. The monoisotopic (exact) mass is 340 g/mol. The van der Waals surface area contributed by atoms with Crippen LogP contribution in [0.2, 0.25) is 0 Å². The number of hydrogen-bond acceptors (Lipinski definition) is 4. The fourth-order valence-corrected chi connectivity index (χ4v) is 2.30. The number of rotatable bonds is 8. The number of amides is 2. The van der Waals surface area contributed by atoms with E-state index in [0.717, 1.165) is 19.4 Å². The third-order valence-electron chi connectivity index (χ3n) is 3.57. The van der Waals surface area contributed by atoms with Crippen molar-refractivity contribution in [3.8, 4) is 0 Å². The summed E-state index contributed by atoms with van der Waals surface area (Å²) >= 11 is 0. The van der Waals surface area contributed by atoms with Gasteiger partial charge in [0.1, 0.15) is 5.82 Å². The maximum absolute atomic E-state index is 12.3. The largest absolute Gasteiger partial charge is 0.326 e. The molecule has 1 aromatic carbocycles. The van der Waals surface area contributed by atoms with E-state index < -0.39 is 0 Å². The van der Waals surface area contributed by atoms with Gasteiger partial charge in [0.15, 0.2) is 0 Å². The number of carbonyl (C=O) groups is 2. The van der Waals surface area contributed by atoms with Gasteiger partial charge >= 0.3 is 0 Å². The van der Waals surface area contributed by atoms with Crippen molar-refractivity contribution in [1.82, 2.24) is 9.88 Å². The Kier molecular flexibility index (Phi) is 7.10. The molecule has 0 saturated heterocycles. The van der Waals surface area contributed by atoms with Gasteiger partial charge in [0.2, 0.25) is 5.91 Å². The summed E-state index contributed by atoms with van der Waals surface area (Å²) < 4.78 is 0. The zero-order valence-electron chi connectivity index (χ0n) is 14.7. The predicted octanol–water partition coefficient (Wildman–Crippen LogP) is 3.00. The molecule has 0 aliphatic carbocycles. The lowest BCUT2D eigenvalue weighted by molar-refractivity contribution is -0.116. The molecule has 2 aromatic rings. The minimum Gasteiger partial charge on any atom is -0.326 e. The summed E-state index contributed by atoms with van der Waals surface area (Å²) in [5, 5.41) is 5.56. The smallest absolute Gasteiger partial charge is 0.256 e. The number of carbonyl (C=O) groups excluding carboxylic acids is 2. The van der Waals surface area contributed by atoms with E-state index in [1.165, 1.54) is 0 Å². The van der Waals surface area contributed by atoms with Gasteiger partial charge in [-0.2, -0.15) is 0 Å². The SMILES string of the molecule is CN(C)CCCCC(=O)Nc1cccc(C(=O)Nc2ccccn2)c1. The molecular formula is C19H24N4O2. The van der Waals surface area contributed by atoms with Gasteiger partial charge in [-0.1, -0.05) is 12.1 Å². The molecule has 25 heavy (non-hydrogen) atoms. The van der Waals surface area contributed by atoms with Gasteiger partial charge in [0.05, 0.1) is 0 Å². The van der Waals surface area contributed by atoms with Crippen LogP contribution in [0.3, 0.4) is 0 Å². The van der Waals surface area contributed by atoms with Crippen LogP contribution < -0.4 is 10.6 Å². The maximum Gasteiger partial charge on any atom is 0.256 e. The first-order chi connectivity index (χ1) is 12.0. The normalized spacial score (nSPS) is 10.5. The Balaban J connectivity index is 1.87. The lowest BCUT2D eigenvalue weighted by atomic mass is 10.1. The zero-order chi connectivity index (χ0) is 18.1. The summed E-state index contributed by atoms with van der Waals surface area (Å²) in [6.07, 6.45) is 3.90. The summed E-state index contributed by atoms with van der Waals surface area (Å²) in [6, 6.07) is 12.2. The molecule has 6 heteroatoms. The molecule has 2 rings (SSSR count). The van der Waals surface area contributed by atoms with Crippen molar-refractivity contribution >= 4 is 23.3 Å². The van der Waals surface area contributed by atoms with Crippen LogP contribution in [0.25, 0.3) is 0 Å². The molecule has 2 N–H and O–H groups in total. The van der Waals surface area contributed by atoms with Gasteiger partial charge in [0, 0.05) is 23.9 Å². The second-order valence-electron chi connectivity index (χ2n) is 6.06. The van der Waals surface area contributed by atoms with Crippen LogP contribution in [0.4, 0.5) is 11.5 Å². The third-order valence-corrected chi connectivity index (χ3v) is 3.57. The number of nitrogens with one attached hydrogen (secondary N) is 2. The molecule has 1 aromatic heterocycles. The Labute approximate surface area is 148 Å². The highest BCUT2D eigenvalue weighted by Crippen LogP contribution is 2.13. The average molecular weight is 340 g/mol. The molecule has 0 spiro atoms. The van der Waals surface area contributed by atoms with E-state index in [1.807, 2.05) is 14.1 Å². The number of anilines is 2. The van der Waals surface area contributed by atoms with Crippen molar-refractivity contribution in [2.24, 2.45) is 0 Å². The molecule has 0 fully saturated rings. The van der Waals surface area contributed by atoms with Crippen molar-refractivity contribution in [2.45, 2.75) is 19.3 Å². The number of benzene rings is 1. The molecule has 0 saturated carbocycles. The number of unbranched alkanes of at least 4 members (excludes halogenated alkanes) is 1. The molecule has 0 atom stereocenters. The standard InChI is InChI=1S/C19H24N4O2/c1-23(2)13-6-4-11-18(24)21-16-9-7-8-15(14-16)19(25)22-17-10-3-5-12-20-17/h3,5,7-10,12,14H,4,6,11,13H2,1-2H3,(H,21,24)(H,20,22,25). The van der Waals surface area contributed by atoms with Gasteiger partial charge in [-0.25, -0.2) is 4.98 Å². The van der Waals surface area contributed by atoms with E-state index in [0.29, 0.717) is 23.5 Å². The Morgan fingerprint density at radius 2 is 1.88 bits per heavy atom. The van der Waals surface area contributed by atoms with Gasteiger partial charge in [-0.05, 0) is 63.8 Å². The molecule has 1 heterocycles. The molecule has 0 aliphatic rings. The molecule has 6 nitrogen and oxygen atoms in total.